The van der Waals surface area contributed by atoms with Crippen LogP contribution >= 0.6 is 0 Å². The molecule has 0 aromatic rings. The molecule has 2 rings (SSSR count). The second-order valence-corrected chi connectivity index (χ2v) is 5.97. The van der Waals surface area contributed by atoms with Crippen LogP contribution in [0.3, 0.4) is 0 Å². The van der Waals surface area contributed by atoms with Crippen LogP contribution in [0.1, 0.15) is 46.5 Å². The van der Waals surface area contributed by atoms with Gasteiger partial charge < -0.3 is 9.47 Å². The third-order valence-electron chi connectivity index (χ3n) is 2.96. The number of hydrogen-bond acceptors (Lipinski definition) is 4. The molecule has 1 heterocycles. The minimum atomic E-state index is -0.537. The zero-order valence-corrected chi connectivity index (χ0v) is 11.3. The number of nitrogens with zero attached hydrogens (tertiary/aromatic N) is 1. The van der Waals surface area contributed by atoms with Crippen molar-refractivity contribution in [2.24, 2.45) is 0 Å². The first-order chi connectivity index (χ1) is 8.37. The van der Waals surface area contributed by atoms with Gasteiger partial charge in [-0.1, -0.05) is 0 Å². The molecular weight excluding hydrogens is 234 g/mol. The van der Waals surface area contributed by atoms with Crippen LogP contribution in [0, 0.1) is 0 Å². The normalized spacial score (nSPS) is 23.9. The number of hydrogen-bond donors (Lipinski definition) is 0. The molecule has 0 spiro atoms. The topological polar surface area (TPSA) is 55.8 Å². The standard InChI is InChI=1S/C13H21NO4/c1-13(2,3)18-12(16)14-8-4-5-10(14)11(15)17-9-6-7-9/h9-10H,4-8H2,1-3H3/t10-/m0/s1. The molecule has 1 amide bonds. The van der Waals surface area contributed by atoms with Gasteiger partial charge in [0.05, 0.1) is 0 Å². The minimum Gasteiger partial charge on any atom is -0.461 e. The molecule has 1 aliphatic carbocycles. The zero-order valence-electron chi connectivity index (χ0n) is 11.3. The molecular formula is C13H21NO4. The van der Waals surface area contributed by atoms with Crippen molar-refractivity contribution in [1.29, 1.82) is 0 Å². The molecule has 0 unspecified atom stereocenters. The van der Waals surface area contributed by atoms with E-state index in [1.807, 2.05) is 20.8 Å². The SMILES string of the molecule is CC(C)(C)OC(=O)N1CCC[C@H]1C(=O)OC1CC1. The minimum absolute atomic E-state index is 0.0820. The van der Waals surface area contributed by atoms with Gasteiger partial charge in [0, 0.05) is 6.54 Å². The summed E-state index contributed by atoms with van der Waals surface area (Å²) in [4.78, 5) is 25.4. The van der Waals surface area contributed by atoms with Crippen molar-refractivity contribution in [2.45, 2.75) is 64.2 Å². The molecule has 5 nitrogen and oxygen atoms in total. The van der Waals surface area contributed by atoms with Crippen molar-refractivity contribution in [1.82, 2.24) is 4.90 Å². The predicted molar refractivity (Wildman–Crippen MR) is 65.1 cm³/mol. The molecule has 2 aliphatic rings. The van der Waals surface area contributed by atoms with Gasteiger partial charge in [-0.2, -0.15) is 0 Å². The molecule has 2 fully saturated rings. The van der Waals surface area contributed by atoms with E-state index in [-0.39, 0.29) is 12.1 Å². The van der Waals surface area contributed by atoms with Gasteiger partial charge in [0.1, 0.15) is 17.7 Å². The highest BCUT2D eigenvalue weighted by Gasteiger charge is 2.39. The molecule has 5 heteroatoms. The first kappa shape index (κ1) is 13.2. The second kappa shape index (κ2) is 4.78. The number of likely N-dealkylation sites (tertiary alicyclic amines) is 1. The van der Waals surface area contributed by atoms with Crippen LogP contribution in [0.15, 0.2) is 0 Å². The quantitative estimate of drug-likeness (QED) is 0.709. The van der Waals surface area contributed by atoms with E-state index in [0.29, 0.717) is 13.0 Å². The molecule has 1 saturated heterocycles. The highest BCUT2D eigenvalue weighted by atomic mass is 16.6. The van der Waals surface area contributed by atoms with Crippen molar-refractivity contribution in [3.63, 3.8) is 0 Å². The van der Waals surface area contributed by atoms with E-state index in [9.17, 15) is 9.59 Å². The summed E-state index contributed by atoms with van der Waals surface area (Å²) in [5.41, 5.74) is -0.537. The fourth-order valence-electron chi connectivity index (χ4n) is 1.98. The van der Waals surface area contributed by atoms with Gasteiger partial charge in [-0.3, -0.25) is 4.90 Å². The highest BCUT2D eigenvalue weighted by molar-refractivity contribution is 5.82. The molecule has 18 heavy (non-hydrogen) atoms. The maximum absolute atomic E-state index is 12.0. The summed E-state index contributed by atoms with van der Waals surface area (Å²) in [6, 6.07) is -0.458. The van der Waals surface area contributed by atoms with Gasteiger partial charge >= 0.3 is 12.1 Å². The Morgan fingerprint density at radius 2 is 1.83 bits per heavy atom. The molecule has 0 bridgehead atoms. The third-order valence-corrected chi connectivity index (χ3v) is 2.96. The lowest BCUT2D eigenvalue weighted by Gasteiger charge is -2.27. The Labute approximate surface area is 107 Å². The van der Waals surface area contributed by atoms with Crippen molar-refractivity contribution in [2.75, 3.05) is 6.54 Å². The van der Waals surface area contributed by atoms with Crippen molar-refractivity contribution >= 4 is 12.1 Å². The van der Waals surface area contributed by atoms with Crippen LogP contribution in [0.25, 0.3) is 0 Å². The van der Waals surface area contributed by atoms with E-state index >= 15 is 0 Å². The average molecular weight is 255 g/mol. The number of esters is 1. The summed E-state index contributed by atoms with van der Waals surface area (Å²) in [5.74, 6) is -0.277. The molecule has 1 aliphatic heterocycles. The van der Waals surface area contributed by atoms with Gasteiger partial charge in [0.25, 0.3) is 0 Å². The van der Waals surface area contributed by atoms with Gasteiger partial charge in [0.2, 0.25) is 0 Å². The molecule has 0 aromatic carbocycles. The summed E-state index contributed by atoms with van der Waals surface area (Å²) >= 11 is 0. The summed E-state index contributed by atoms with van der Waals surface area (Å²) < 4.78 is 10.6. The Balaban J connectivity index is 1.93. The van der Waals surface area contributed by atoms with Crippen LogP contribution in [0.5, 0.6) is 0 Å². The van der Waals surface area contributed by atoms with E-state index in [1.165, 1.54) is 4.90 Å². The van der Waals surface area contributed by atoms with Gasteiger partial charge in [-0.15, -0.1) is 0 Å². The Bertz CT molecular complexity index is 343. The molecule has 0 radical (unpaired) electrons. The van der Waals surface area contributed by atoms with E-state index in [4.69, 9.17) is 9.47 Å². The number of amides is 1. The number of carbonyl (C=O) groups is 2. The average Bonchev–Trinajstić information content (AvgIpc) is 2.90. The summed E-state index contributed by atoms with van der Waals surface area (Å²) in [6.07, 6.45) is 3.06. The Morgan fingerprint density at radius 3 is 2.39 bits per heavy atom. The monoisotopic (exact) mass is 255 g/mol. The van der Waals surface area contributed by atoms with Gasteiger partial charge in [0.15, 0.2) is 0 Å². The predicted octanol–water partition coefficient (Wildman–Crippen LogP) is 2.09. The Kier molecular flexibility index (Phi) is 3.50. The van der Waals surface area contributed by atoms with E-state index < -0.39 is 17.7 Å². The van der Waals surface area contributed by atoms with E-state index in [2.05, 4.69) is 0 Å². The summed E-state index contributed by atoms with van der Waals surface area (Å²) in [7, 11) is 0. The van der Waals surface area contributed by atoms with E-state index in [1.54, 1.807) is 0 Å². The van der Waals surface area contributed by atoms with Gasteiger partial charge in [-0.25, -0.2) is 9.59 Å². The smallest absolute Gasteiger partial charge is 0.411 e. The second-order valence-electron chi connectivity index (χ2n) is 5.97. The molecule has 102 valence electrons. The third kappa shape index (κ3) is 3.37. The first-order valence-corrected chi connectivity index (χ1v) is 6.57. The lowest BCUT2D eigenvalue weighted by molar-refractivity contribution is -0.150. The molecule has 0 aromatic heterocycles. The van der Waals surface area contributed by atoms with Crippen LogP contribution in [-0.2, 0) is 14.3 Å². The van der Waals surface area contributed by atoms with Crippen molar-refractivity contribution in [3.05, 3.63) is 0 Å². The number of rotatable bonds is 2. The molecule has 0 N–H and O–H groups in total. The number of carbonyl (C=O) groups excluding carboxylic acids is 2. The molecule has 1 saturated carbocycles. The molecule has 1 atom stereocenters. The van der Waals surface area contributed by atoms with E-state index in [0.717, 1.165) is 19.3 Å². The summed E-state index contributed by atoms with van der Waals surface area (Å²) in [5, 5.41) is 0. The van der Waals surface area contributed by atoms with Gasteiger partial charge in [-0.05, 0) is 46.5 Å². The van der Waals surface area contributed by atoms with Crippen molar-refractivity contribution < 1.29 is 19.1 Å². The maximum atomic E-state index is 12.0. The van der Waals surface area contributed by atoms with Crippen LogP contribution in [0.2, 0.25) is 0 Å². The van der Waals surface area contributed by atoms with Crippen molar-refractivity contribution in [3.8, 4) is 0 Å². The first-order valence-electron chi connectivity index (χ1n) is 6.57. The van der Waals surface area contributed by atoms with Crippen LogP contribution in [0.4, 0.5) is 4.79 Å². The van der Waals surface area contributed by atoms with Crippen LogP contribution < -0.4 is 0 Å². The highest BCUT2D eigenvalue weighted by Crippen LogP contribution is 2.27. The lowest BCUT2D eigenvalue weighted by atomic mass is 10.2. The zero-order chi connectivity index (χ0) is 13.3. The Hall–Kier alpha value is -1.26. The summed E-state index contributed by atoms with van der Waals surface area (Å²) in [6.45, 7) is 6.02. The largest absolute Gasteiger partial charge is 0.461 e. The lowest BCUT2D eigenvalue weighted by Crippen LogP contribution is -2.44. The maximum Gasteiger partial charge on any atom is 0.411 e. The fraction of sp³-hybridized carbons (Fsp3) is 0.846. The van der Waals surface area contributed by atoms with Crippen LogP contribution in [-0.4, -0.2) is 41.3 Å². The number of ether oxygens (including phenoxy) is 2. The Morgan fingerprint density at radius 1 is 1.17 bits per heavy atom. The fourth-order valence-corrected chi connectivity index (χ4v) is 1.98.